The molecule has 0 aliphatic heterocycles. The van der Waals surface area contributed by atoms with Gasteiger partial charge in [-0.05, 0) is 60.9 Å². The standard InChI is InChI=1S/C26H23NO6/c1-2-3-4-7-15-12-14-11-13-6-5-10-26(21(13)22(30)18(14)25(33)27-15)23(31)19-16(28)8-9-17(29)20(19)24(26)32/h4,7-9,11-12,28-30H,2-3,5-6,10H2,1H3,(H,27,33)/b7-4+. The molecule has 168 valence electrons. The molecule has 4 N–H and O–H groups in total. The Morgan fingerprint density at radius 2 is 1.70 bits per heavy atom. The maximum absolute atomic E-state index is 13.6. The molecule has 3 aromatic rings. The first-order valence-electron chi connectivity index (χ1n) is 11.0. The first-order valence-corrected chi connectivity index (χ1v) is 11.0. The quantitative estimate of drug-likeness (QED) is 0.355. The lowest BCUT2D eigenvalue weighted by atomic mass is 9.66. The molecule has 0 unspecified atom stereocenters. The summed E-state index contributed by atoms with van der Waals surface area (Å²) in [7, 11) is 0. The van der Waals surface area contributed by atoms with Gasteiger partial charge in [-0.25, -0.2) is 0 Å². The van der Waals surface area contributed by atoms with Gasteiger partial charge in [0.2, 0.25) is 0 Å². The summed E-state index contributed by atoms with van der Waals surface area (Å²) in [6.45, 7) is 2.05. The second-order valence-electron chi connectivity index (χ2n) is 8.74. The van der Waals surface area contributed by atoms with E-state index in [2.05, 4.69) is 11.9 Å². The number of phenols is 3. The van der Waals surface area contributed by atoms with Gasteiger partial charge in [-0.15, -0.1) is 0 Å². The number of H-pyrrole nitrogens is 1. The number of pyridine rings is 1. The van der Waals surface area contributed by atoms with Crippen LogP contribution >= 0.6 is 0 Å². The molecule has 0 fully saturated rings. The number of nitrogens with one attached hydrogen (secondary N) is 1. The number of benzene rings is 2. The maximum Gasteiger partial charge on any atom is 0.260 e. The third kappa shape index (κ3) is 2.78. The van der Waals surface area contributed by atoms with Crippen LogP contribution in [0.4, 0.5) is 0 Å². The minimum absolute atomic E-state index is 0.00710. The Labute approximate surface area is 189 Å². The van der Waals surface area contributed by atoms with Crippen molar-refractivity contribution in [2.45, 2.75) is 44.4 Å². The zero-order valence-electron chi connectivity index (χ0n) is 18.1. The smallest absolute Gasteiger partial charge is 0.260 e. The minimum Gasteiger partial charge on any atom is -0.507 e. The molecule has 0 saturated carbocycles. The zero-order chi connectivity index (χ0) is 23.5. The molecule has 1 heterocycles. The highest BCUT2D eigenvalue weighted by molar-refractivity contribution is 6.35. The van der Waals surface area contributed by atoms with Crippen molar-refractivity contribution in [3.63, 3.8) is 0 Å². The lowest BCUT2D eigenvalue weighted by Gasteiger charge is -2.34. The van der Waals surface area contributed by atoms with Gasteiger partial charge in [0.05, 0.1) is 16.5 Å². The molecule has 1 spiro atoms. The summed E-state index contributed by atoms with van der Waals surface area (Å²) in [5, 5.41) is 32.4. The second-order valence-corrected chi connectivity index (χ2v) is 8.74. The van der Waals surface area contributed by atoms with Crippen molar-refractivity contribution in [3.8, 4) is 17.2 Å². The van der Waals surface area contributed by atoms with E-state index < -0.39 is 39.8 Å². The average Bonchev–Trinajstić information content (AvgIpc) is 2.99. The number of aryl methyl sites for hydroxylation is 1. The molecule has 7 heteroatoms. The highest BCUT2D eigenvalue weighted by Gasteiger charge is 2.59. The Kier molecular flexibility index (Phi) is 4.67. The number of hydrogen-bond acceptors (Lipinski definition) is 6. The summed E-state index contributed by atoms with van der Waals surface area (Å²) in [6, 6.07) is 5.84. The van der Waals surface area contributed by atoms with Crippen molar-refractivity contribution in [3.05, 3.63) is 68.6 Å². The summed E-state index contributed by atoms with van der Waals surface area (Å²) < 4.78 is 0. The molecular formula is C26H23NO6. The molecule has 0 saturated heterocycles. The first kappa shape index (κ1) is 21.0. The van der Waals surface area contributed by atoms with Crippen molar-refractivity contribution < 1.29 is 24.9 Å². The molecule has 0 radical (unpaired) electrons. The number of hydrogen-bond donors (Lipinski definition) is 4. The van der Waals surface area contributed by atoms with E-state index in [1.54, 1.807) is 12.1 Å². The number of fused-ring (bicyclic) bond motifs is 4. The van der Waals surface area contributed by atoms with Crippen LogP contribution in [0.1, 0.15) is 70.1 Å². The van der Waals surface area contributed by atoms with Crippen LogP contribution in [-0.2, 0) is 11.8 Å². The van der Waals surface area contributed by atoms with Crippen LogP contribution < -0.4 is 5.56 Å². The summed E-state index contributed by atoms with van der Waals surface area (Å²) >= 11 is 0. The number of aromatic amines is 1. The molecule has 0 atom stereocenters. The monoisotopic (exact) mass is 445 g/mol. The Morgan fingerprint density at radius 3 is 2.33 bits per heavy atom. The molecule has 2 aliphatic rings. The molecule has 5 rings (SSSR count). The lowest BCUT2D eigenvalue weighted by Crippen LogP contribution is -2.41. The molecule has 2 aliphatic carbocycles. The predicted octanol–water partition coefficient (Wildman–Crippen LogP) is 4.11. The topological polar surface area (TPSA) is 128 Å². The first-order chi connectivity index (χ1) is 15.8. The highest BCUT2D eigenvalue weighted by atomic mass is 16.3. The van der Waals surface area contributed by atoms with Gasteiger partial charge >= 0.3 is 0 Å². The van der Waals surface area contributed by atoms with E-state index in [9.17, 15) is 29.7 Å². The van der Waals surface area contributed by atoms with Gasteiger partial charge < -0.3 is 20.3 Å². The van der Waals surface area contributed by atoms with Crippen LogP contribution in [0.25, 0.3) is 16.8 Å². The van der Waals surface area contributed by atoms with E-state index in [0.29, 0.717) is 29.5 Å². The number of Topliss-reactive ketones (excluding diaryl/α,β-unsaturated/α-hetero) is 2. The molecule has 33 heavy (non-hydrogen) atoms. The van der Waals surface area contributed by atoms with E-state index in [0.717, 1.165) is 12.8 Å². The Balaban J connectivity index is 1.78. The molecule has 0 bridgehead atoms. The van der Waals surface area contributed by atoms with Crippen LogP contribution in [0, 0.1) is 0 Å². The van der Waals surface area contributed by atoms with E-state index in [1.807, 2.05) is 12.2 Å². The second kappa shape index (κ2) is 7.33. The van der Waals surface area contributed by atoms with Gasteiger partial charge in [0.1, 0.15) is 22.7 Å². The van der Waals surface area contributed by atoms with Crippen LogP contribution in [0.2, 0.25) is 0 Å². The molecule has 7 nitrogen and oxygen atoms in total. The predicted molar refractivity (Wildman–Crippen MR) is 123 cm³/mol. The van der Waals surface area contributed by atoms with Crippen LogP contribution in [-0.4, -0.2) is 31.9 Å². The lowest BCUT2D eigenvalue weighted by molar-refractivity contribution is 0.0769. The average molecular weight is 445 g/mol. The van der Waals surface area contributed by atoms with Gasteiger partial charge in [0.25, 0.3) is 5.56 Å². The van der Waals surface area contributed by atoms with Gasteiger partial charge in [-0.2, -0.15) is 0 Å². The van der Waals surface area contributed by atoms with Crippen molar-refractivity contribution in [1.82, 2.24) is 4.98 Å². The number of carbonyl (C=O) groups excluding carboxylic acids is 2. The number of rotatable bonds is 3. The number of carbonyl (C=O) groups is 2. The number of aromatic nitrogens is 1. The highest BCUT2D eigenvalue weighted by Crippen LogP contribution is 2.54. The van der Waals surface area contributed by atoms with Gasteiger partial charge in [-0.1, -0.05) is 25.5 Å². The molecule has 2 aromatic carbocycles. The molecule has 1 aromatic heterocycles. The fourth-order valence-corrected chi connectivity index (χ4v) is 5.33. The van der Waals surface area contributed by atoms with Gasteiger partial charge in [0, 0.05) is 11.3 Å². The Bertz CT molecular complexity index is 1400. The van der Waals surface area contributed by atoms with Gasteiger partial charge in [-0.3, -0.25) is 14.4 Å². The number of phenolic OH excluding ortho intramolecular Hbond substituents is 3. The SMILES string of the molecule is CCC/C=C/c1cc2cc3c(c(O)c2c(=O)[nH]1)C1(CCC3)C(=O)c2c(O)ccc(O)c2C1=O. The Morgan fingerprint density at radius 1 is 1.03 bits per heavy atom. The zero-order valence-corrected chi connectivity index (χ0v) is 18.1. The van der Waals surface area contributed by atoms with E-state index in [4.69, 9.17) is 0 Å². The van der Waals surface area contributed by atoms with Crippen molar-refractivity contribution in [1.29, 1.82) is 0 Å². The summed E-state index contributed by atoms with van der Waals surface area (Å²) in [6.07, 6.45) is 6.73. The van der Waals surface area contributed by atoms with Crippen LogP contribution in [0.3, 0.4) is 0 Å². The number of aromatic hydroxyl groups is 3. The van der Waals surface area contributed by atoms with Crippen LogP contribution in [0.15, 0.2) is 35.1 Å². The molecule has 0 amide bonds. The Hall–Kier alpha value is -3.87. The van der Waals surface area contributed by atoms with Gasteiger partial charge in [0.15, 0.2) is 11.6 Å². The van der Waals surface area contributed by atoms with E-state index >= 15 is 0 Å². The van der Waals surface area contributed by atoms with Crippen molar-refractivity contribution in [2.75, 3.05) is 0 Å². The van der Waals surface area contributed by atoms with E-state index in [-0.39, 0.29) is 28.5 Å². The maximum atomic E-state index is 13.6. The normalized spacial score (nSPS) is 16.6. The summed E-state index contributed by atoms with van der Waals surface area (Å²) in [5.41, 5.74) is -1.47. The largest absolute Gasteiger partial charge is 0.507 e. The van der Waals surface area contributed by atoms with Crippen molar-refractivity contribution in [2.24, 2.45) is 0 Å². The summed E-state index contributed by atoms with van der Waals surface area (Å²) in [5.74, 6) is -2.52. The summed E-state index contributed by atoms with van der Waals surface area (Å²) in [4.78, 5) is 42.9. The third-order valence-corrected chi connectivity index (χ3v) is 6.78. The third-order valence-electron chi connectivity index (χ3n) is 6.78. The van der Waals surface area contributed by atoms with Crippen LogP contribution in [0.5, 0.6) is 17.2 Å². The molecular weight excluding hydrogens is 422 g/mol. The number of ketones is 2. The minimum atomic E-state index is -1.78. The van der Waals surface area contributed by atoms with Crippen molar-refractivity contribution >= 4 is 28.4 Å². The van der Waals surface area contributed by atoms with E-state index in [1.165, 1.54) is 12.1 Å². The fraction of sp³-hybridized carbons (Fsp3) is 0.269. The number of unbranched alkanes of at least 4 members (excludes halogenated alkanes) is 1. The number of allylic oxidation sites excluding steroid dienone is 1. The fourth-order valence-electron chi connectivity index (χ4n) is 5.33.